The van der Waals surface area contributed by atoms with Crippen LogP contribution in [0.3, 0.4) is 0 Å². The monoisotopic (exact) mass is 453 g/mol. The first-order chi connectivity index (χ1) is 15.7. The maximum absolute atomic E-state index is 13.4. The van der Waals surface area contributed by atoms with E-state index in [4.69, 9.17) is 4.52 Å². The summed E-state index contributed by atoms with van der Waals surface area (Å²) in [5, 5.41) is 8.49. The summed E-state index contributed by atoms with van der Waals surface area (Å²) in [4.78, 5) is 19.0. The quantitative estimate of drug-likeness (QED) is 0.429. The molecule has 4 aromatic rings. The van der Waals surface area contributed by atoms with E-state index in [-0.39, 0.29) is 18.5 Å². The smallest absolute Gasteiger partial charge is 0.356 e. The Kier molecular flexibility index (Phi) is 4.80. The van der Waals surface area contributed by atoms with Crippen LogP contribution in [0.25, 0.3) is 22.6 Å². The number of carbonyl (C=O) groups excluding carboxylic acids is 1. The summed E-state index contributed by atoms with van der Waals surface area (Å²) in [7, 11) is 0. The molecule has 1 aliphatic heterocycles. The molecule has 0 radical (unpaired) electrons. The lowest BCUT2D eigenvalue weighted by molar-refractivity contribution is -0.137. The van der Waals surface area contributed by atoms with Gasteiger partial charge in [-0.3, -0.25) is 14.5 Å². The SMILES string of the molecule is Cc1cc(-c2cc(-c3cnn4c3C(=O)N(c3ccc(C(F)(F)F)cc3)C[C@@H]4C)no2)ccn1. The van der Waals surface area contributed by atoms with E-state index in [0.717, 1.165) is 23.4 Å². The molecule has 10 heteroatoms. The number of aryl methyl sites for hydroxylation is 1. The van der Waals surface area contributed by atoms with Crippen LogP contribution in [0.1, 0.15) is 34.7 Å². The maximum Gasteiger partial charge on any atom is 0.416 e. The topological polar surface area (TPSA) is 77.0 Å². The van der Waals surface area contributed by atoms with Crippen LogP contribution in [-0.4, -0.2) is 32.4 Å². The van der Waals surface area contributed by atoms with E-state index < -0.39 is 11.7 Å². The Morgan fingerprint density at radius 2 is 1.88 bits per heavy atom. The molecule has 3 aromatic heterocycles. The third kappa shape index (κ3) is 3.67. The molecule has 7 nitrogen and oxygen atoms in total. The minimum atomic E-state index is -4.44. The fourth-order valence-electron chi connectivity index (χ4n) is 3.94. The van der Waals surface area contributed by atoms with Gasteiger partial charge in [0, 0.05) is 35.8 Å². The van der Waals surface area contributed by atoms with Gasteiger partial charge in [-0.2, -0.15) is 18.3 Å². The van der Waals surface area contributed by atoms with Crippen LogP contribution in [0, 0.1) is 6.92 Å². The highest BCUT2D eigenvalue weighted by Crippen LogP contribution is 2.35. The molecule has 1 aromatic carbocycles. The molecule has 0 saturated heterocycles. The fraction of sp³-hybridized carbons (Fsp3) is 0.217. The van der Waals surface area contributed by atoms with Gasteiger partial charge in [-0.05, 0) is 50.2 Å². The average molecular weight is 453 g/mol. The number of aromatic nitrogens is 4. The van der Waals surface area contributed by atoms with Crippen molar-refractivity contribution in [2.75, 3.05) is 11.4 Å². The summed E-state index contributed by atoms with van der Waals surface area (Å²) >= 11 is 0. The third-order valence-corrected chi connectivity index (χ3v) is 5.58. The number of hydrogen-bond donors (Lipinski definition) is 0. The summed E-state index contributed by atoms with van der Waals surface area (Å²) in [5.41, 5.74) is 2.47. The number of pyridine rings is 1. The Morgan fingerprint density at radius 1 is 1.12 bits per heavy atom. The molecule has 5 rings (SSSR count). The number of fused-ring (bicyclic) bond motifs is 1. The number of hydrogen-bond acceptors (Lipinski definition) is 5. The van der Waals surface area contributed by atoms with Gasteiger partial charge in [0.1, 0.15) is 11.4 Å². The molecule has 1 aliphatic rings. The molecule has 1 atom stereocenters. The Morgan fingerprint density at radius 3 is 2.58 bits per heavy atom. The van der Waals surface area contributed by atoms with E-state index in [1.54, 1.807) is 29.2 Å². The Labute approximate surface area is 186 Å². The van der Waals surface area contributed by atoms with Crippen molar-refractivity contribution in [3.63, 3.8) is 0 Å². The van der Waals surface area contributed by atoms with Gasteiger partial charge in [-0.25, -0.2) is 0 Å². The van der Waals surface area contributed by atoms with Gasteiger partial charge in [-0.1, -0.05) is 5.16 Å². The molecular weight excluding hydrogens is 435 g/mol. The molecule has 0 saturated carbocycles. The standard InChI is InChI=1S/C23H18F3N5O2/c1-13-9-15(7-8-27-13)20-10-19(29-33-20)18-11-28-31-14(2)12-30(22(32)21(18)31)17-5-3-16(4-6-17)23(24,25)26/h3-11,14H,12H2,1-2H3/t14-/m0/s1. The largest absolute Gasteiger partial charge is 0.416 e. The van der Waals surface area contributed by atoms with E-state index in [0.29, 0.717) is 28.4 Å². The van der Waals surface area contributed by atoms with Gasteiger partial charge in [-0.15, -0.1) is 0 Å². The second kappa shape index (κ2) is 7.58. The summed E-state index contributed by atoms with van der Waals surface area (Å²) in [5.74, 6) is 0.149. The van der Waals surface area contributed by atoms with Crippen molar-refractivity contribution in [2.45, 2.75) is 26.1 Å². The van der Waals surface area contributed by atoms with Crippen molar-refractivity contribution in [3.05, 3.63) is 71.8 Å². The van der Waals surface area contributed by atoms with E-state index >= 15 is 0 Å². The van der Waals surface area contributed by atoms with Gasteiger partial charge in [0.2, 0.25) is 0 Å². The van der Waals surface area contributed by atoms with Gasteiger partial charge in [0.05, 0.1) is 23.4 Å². The number of amides is 1. The van der Waals surface area contributed by atoms with Crippen LogP contribution >= 0.6 is 0 Å². The second-order valence-corrected chi connectivity index (χ2v) is 7.92. The predicted octanol–water partition coefficient (Wildman–Crippen LogP) is 5.15. The number of alkyl halides is 3. The summed E-state index contributed by atoms with van der Waals surface area (Å²) in [6, 6.07) is 9.74. The van der Waals surface area contributed by atoms with E-state index in [1.165, 1.54) is 17.0 Å². The molecule has 0 unspecified atom stereocenters. The lowest BCUT2D eigenvalue weighted by Gasteiger charge is -2.32. The van der Waals surface area contributed by atoms with Crippen LogP contribution in [0.15, 0.2) is 59.4 Å². The average Bonchev–Trinajstić information content (AvgIpc) is 3.43. The van der Waals surface area contributed by atoms with Crippen LogP contribution < -0.4 is 4.90 Å². The second-order valence-electron chi connectivity index (χ2n) is 7.92. The molecule has 4 heterocycles. The van der Waals surface area contributed by atoms with Crippen LogP contribution in [0.2, 0.25) is 0 Å². The first kappa shape index (κ1) is 20.9. The van der Waals surface area contributed by atoms with Crippen LogP contribution in [-0.2, 0) is 6.18 Å². The highest BCUT2D eigenvalue weighted by molar-refractivity contribution is 6.09. The zero-order valence-electron chi connectivity index (χ0n) is 17.7. The van der Waals surface area contributed by atoms with Crippen molar-refractivity contribution < 1.29 is 22.5 Å². The zero-order valence-corrected chi connectivity index (χ0v) is 17.7. The van der Waals surface area contributed by atoms with Crippen molar-refractivity contribution in [3.8, 4) is 22.6 Å². The highest BCUT2D eigenvalue weighted by Gasteiger charge is 2.35. The van der Waals surface area contributed by atoms with Crippen molar-refractivity contribution in [1.29, 1.82) is 0 Å². The Balaban J connectivity index is 1.50. The molecule has 168 valence electrons. The zero-order chi connectivity index (χ0) is 23.3. The first-order valence-corrected chi connectivity index (χ1v) is 10.2. The van der Waals surface area contributed by atoms with Gasteiger partial charge in [0.25, 0.3) is 5.91 Å². The number of rotatable bonds is 3. The van der Waals surface area contributed by atoms with Gasteiger partial charge in [0.15, 0.2) is 5.76 Å². The van der Waals surface area contributed by atoms with Gasteiger partial charge >= 0.3 is 6.18 Å². The predicted molar refractivity (Wildman–Crippen MR) is 114 cm³/mol. The summed E-state index contributed by atoms with van der Waals surface area (Å²) in [6.07, 6.45) is -1.22. The van der Waals surface area contributed by atoms with Crippen molar-refractivity contribution >= 4 is 11.6 Å². The van der Waals surface area contributed by atoms with Crippen LogP contribution in [0.5, 0.6) is 0 Å². The minimum absolute atomic E-state index is 0.192. The fourth-order valence-corrected chi connectivity index (χ4v) is 3.94. The number of nitrogens with zero attached hydrogens (tertiary/aromatic N) is 5. The van der Waals surface area contributed by atoms with Crippen molar-refractivity contribution in [1.82, 2.24) is 19.9 Å². The van der Waals surface area contributed by atoms with Crippen LogP contribution in [0.4, 0.5) is 18.9 Å². The number of halogens is 3. The molecule has 0 aliphatic carbocycles. The first-order valence-electron chi connectivity index (χ1n) is 10.2. The molecule has 0 bridgehead atoms. The molecule has 1 amide bonds. The Bertz CT molecular complexity index is 1340. The third-order valence-electron chi connectivity index (χ3n) is 5.58. The molecular formula is C23H18F3N5O2. The maximum atomic E-state index is 13.4. The molecule has 0 fully saturated rings. The summed E-state index contributed by atoms with van der Waals surface area (Å²) < 4.78 is 45.9. The number of carbonyl (C=O) groups is 1. The van der Waals surface area contributed by atoms with E-state index in [9.17, 15) is 18.0 Å². The molecule has 33 heavy (non-hydrogen) atoms. The lowest BCUT2D eigenvalue weighted by Crippen LogP contribution is -2.42. The van der Waals surface area contributed by atoms with E-state index in [2.05, 4.69) is 15.2 Å². The van der Waals surface area contributed by atoms with E-state index in [1.807, 2.05) is 19.9 Å². The number of anilines is 1. The Hall–Kier alpha value is -3.95. The molecule has 0 spiro atoms. The molecule has 0 N–H and O–H groups in total. The number of benzene rings is 1. The highest BCUT2D eigenvalue weighted by atomic mass is 19.4. The van der Waals surface area contributed by atoms with Crippen molar-refractivity contribution in [2.24, 2.45) is 0 Å². The minimum Gasteiger partial charge on any atom is -0.356 e. The normalized spacial score (nSPS) is 16.2. The summed E-state index contributed by atoms with van der Waals surface area (Å²) in [6.45, 7) is 4.03. The van der Waals surface area contributed by atoms with Gasteiger partial charge < -0.3 is 9.42 Å². The lowest BCUT2D eigenvalue weighted by atomic mass is 10.1.